The summed E-state index contributed by atoms with van der Waals surface area (Å²) in [5.41, 5.74) is 4.13. The van der Waals surface area contributed by atoms with Gasteiger partial charge in [0.1, 0.15) is 18.3 Å². The van der Waals surface area contributed by atoms with Gasteiger partial charge < -0.3 is 24.8 Å². The zero-order chi connectivity index (χ0) is 31.6. The number of ether oxygens (including phenoxy) is 3. The van der Waals surface area contributed by atoms with Crippen LogP contribution in [0.25, 0.3) is 16.9 Å². The highest BCUT2D eigenvalue weighted by molar-refractivity contribution is 5.69. The highest BCUT2D eigenvalue weighted by Gasteiger charge is 2.17. The first kappa shape index (κ1) is 37.6. The zero-order valence-electron chi connectivity index (χ0n) is 25.9. The zero-order valence-corrected chi connectivity index (χ0v) is 25.9. The summed E-state index contributed by atoms with van der Waals surface area (Å²) in [4.78, 5) is 9.71. The molecule has 42 heavy (non-hydrogen) atoms. The van der Waals surface area contributed by atoms with Gasteiger partial charge in [0.2, 0.25) is 6.41 Å². The molecule has 2 aromatic heterocycles. The van der Waals surface area contributed by atoms with Gasteiger partial charge in [-0.15, -0.1) is 12.8 Å². The first-order chi connectivity index (χ1) is 20.5. The number of aryl methyl sites for hydroxylation is 1. The predicted molar refractivity (Wildman–Crippen MR) is 170 cm³/mol. The molecule has 0 bridgehead atoms. The largest absolute Gasteiger partial charge is 0.385 e. The van der Waals surface area contributed by atoms with Crippen LogP contribution in [-0.2, 0) is 26.1 Å². The summed E-state index contributed by atoms with van der Waals surface area (Å²) in [5.74, 6) is 0.995. The Bertz CT molecular complexity index is 1180. The summed E-state index contributed by atoms with van der Waals surface area (Å²) in [5, 5.41) is 14.6. The molecule has 2 aromatic carbocycles. The number of aromatic nitrogens is 4. The maximum Gasteiger partial charge on any atom is 0.209 e. The molecule has 1 aliphatic rings. The number of carbonyl (C=O) groups excluding carboxylic acids is 1. The van der Waals surface area contributed by atoms with Gasteiger partial charge in [-0.3, -0.25) is 9.48 Å². The number of terminal acetylenes is 1. The van der Waals surface area contributed by atoms with Crippen LogP contribution < -0.4 is 10.6 Å². The van der Waals surface area contributed by atoms with Gasteiger partial charge in [0.05, 0.1) is 18.5 Å². The molecule has 4 aromatic rings. The molecule has 0 unspecified atom stereocenters. The number of hydrogen-bond donors (Lipinski definition) is 2. The van der Waals surface area contributed by atoms with E-state index in [4.69, 9.17) is 14.6 Å². The molecule has 3 heterocycles. The van der Waals surface area contributed by atoms with Gasteiger partial charge in [0.25, 0.3) is 0 Å². The van der Waals surface area contributed by atoms with E-state index in [0.29, 0.717) is 13.0 Å². The number of methoxy groups -OCH3 is 1. The summed E-state index contributed by atoms with van der Waals surface area (Å²) in [6.45, 7) is 9.59. The highest BCUT2D eigenvalue weighted by atomic mass is 16.7. The Hall–Kier alpha value is -4.43. The second kappa shape index (κ2) is 24.4. The van der Waals surface area contributed by atoms with E-state index in [1.807, 2.05) is 119 Å². The van der Waals surface area contributed by atoms with Crippen molar-refractivity contribution in [3.8, 4) is 29.8 Å². The first-order valence-electron chi connectivity index (χ1n) is 13.6. The van der Waals surface area contributed by atoms with E-state index in [0.717, 1.165) is 34.9 Å². The van der Waals surface area contributed by atoms with Crippen molar-refractivity contribution in [2.75, 3.05) is 39.5 Å². The van der Waals surface area contributed by atoms with Crippen molar-refractivity contribution in [2.24, 2.45) is 7.05 Å². The van der Waals surface area contributed by atoms with Gasteiger partial charge >= 0.3 is 0 Å². The molecule has 0 aliphatic carbocycles. The topological polar surface area (TPSA) is 104 Å². The number of anilines is 1. The van der Waals surface area contributed by atoms with Crippen LogP contribution in [0.3, 0.4) is 0 Å². The number of benzene rings is 2. The van der Waals surface area contributed by atoms with Crippen LogP contribution in [0.1, 0.15) is 26.3 Å². The highest BCUT2D eigenvalue weighted by Crippen LogP contribution is 2.29. The molecule has 1 atom stereocenters. The van der Waals surface area contributed by atoms with Crippen molar-refractivity contribution in [1.29, 1.82) is 0 Å². The van der Waals surface area contributed by atoms with Crippen LogP contribution in [-0.4, -0.2) is 66.4 Å². The minimum atomic E-state index is -0.229. The van der Waals surface area contributed by atoms with Crippen molar-refractivity contribution in [2.45, 2.75) is 33.9 Å². The van der Waals surface area contributed by atoms with Gasteiger partial charge in [0, 0.05) is 45.1 Å². The summed E-state index contributed by atoms with van der Waals surface area (Å²) in [7, 11) is 5.50. The molecular weight excluding hydrogens is 532 g/mol. The lowest BCUT2D eigenvalue weighted by Gasteiger charge is -2.06. The average Bonchev–Trinajstić information content (AvgIpc) is 3.82. The fraction of sp³-hybridized carbons (Fsp3) is 0.344. The Balaban J connectivity index is 0.000000628. The summed E-state index contributed by atoms with van der Waals surface area (Å²) in [6.07, 6.45) is 12.2. The van der Waals surface area contributed by atoms with E-state index in [9.17, 15) is 4.79 Å². The van der Waals surface area contributed by atoms with Gasteiger partial charge in [0.15, 0.2) is 6.23 Å². The molecule has 228 valence electrons. The smallest absolute Gasteiger partial charge is 0.209 e. The maximum atomic E-state index is 9.71. The lowest BCUT2D eigenvalue weighted by Crippen LogP contribution is -2.28. The molecule has 1 saturated heterocycles. The summed E-state index contributed by atoms with van der Waals surface area (Å²) < 4.78 is 17.9. The van der Waals surface area contributed by atoms with E-state index in [1.54, 1.807) is 11.8 Å². The van der Waals surface area contributed by atoms with E-state index in [-0.39, 0.29) is 13.0 Å². The Kier molecular flexibility index (Phi) is 21.8. The van der Waals surface area contributed by atoms with Gasteiger partial charge in [-0.2, -0.15) is 10.2 Å². The fourth-order valence-corrected chi connectivity index (χ4v) is 3.25. The van der Waals surface area contributed by atoms with Crippen LogP contribution in [0.15, 0.2) is 79.1 Å². The van der Waals surface area contributed by atoms with Crippen LogP contribution in [0, 0.1) is 19.8 Å². The van der Waals surface area contributed by atoms with Gasteiger partial charge in [-0.25, -0.2) is 4.68 Å². The van der Waals surface area contributed by atoms with Gasteiger partial charge in [-0.05, 0) is 26.0 Å². The molecule has 0 radical (unpaired) electrons. The van der Waals surface area contributed by atoms with Crippen molar-refractivity contribution >= 4 is 12.2 Å². The quantitative estimate of drug-likeness (QED) is 0.236. The number of nitrogens with one attached hydrogen (secondary N) is 2. The number of nitrogens with zero attached hydrogens (tertiary/aromatic N) is 4. The lowest BCUT2D eigenvalue weighted by molar-refractivity contribution is -0.112. The van der Waals surface area contributed by atoms with Crippen LogP contribution in [0.5, 0.6) is 0 Å². The molecule has 0 spiro atoms. The lowest BCUT2D eigenvalue weighted by atomic mass is 10.1. The third-order valence-corrected chi connectivity index (χ3v) is 5.17. The summed E-state index contributed by atoms with van der Waals surface area (Å²) >= 11 is 0. The monoisotopic (exact) mass is 578 g/mol. The third kappa shape index (κ3) is 13.8. The fourth-order valence-electron chi connectivity index (χ4n) is 3.25. The van der Waals surface area contributed by atoms with E-state index < -0.39 is 0 Å². The van der Waals surface area contributed by atoms with E-state index in [2.05, 4.69) is 40.2 Å². The molecule has 0 saturated carbocycles. The molecule has 1 aliphatic heterocycles. The number of rotatable bonds is 6. The molecule has 1 amide bonds. The standard InChI is InChI=1S/C15H17N5.C6H6.C4H7NO3.C3H8O.C2H6.C2H2/c1-11-14(12-9-17-19(3)10-12)18-20(15(11)16-2)13-7-5-4-6-8-13;1-2-4-6-5-3-1;6-2-5-4-1-7-3-8-4;1-3-4-2;2*1-2/h4-10,16H,1-3H3;1-6H;2,4H,1,3H2,(H,5,6);3H2,1-2H3;1-2H3;1-2H/t;;4-;;;/m..1.../s1. The third-order valence-electron chi connectivity index (χ3n) is 5.17. The number of para-hydroxylation sites is 1. The molecule has 2 N–H and O–H groups in total. The second-order valence-corrected chi connectivity index (χ2v) is 7.88. The molecular formula is C32H46N6O4. The van der Waals surface area contributed by atoms with Crippen LogP contribution >= 0.6 is 0 Å². The predicted octanol–water partition coefficient (Wildman–Crippen LogP) is 5.30. The van der Waals surface area contributed by atoms with Crippen molar-refractivity contribution in [1.82, 2.24) is 24.9 Å². The van der Waals surface area contributed by atoms with Crippen molar-refractivity contribution < 1.29 is 19.0 Å². The van der Waals surface area contributed by atoms with Gasteiger partial charge in [-0.1, -0.05) is 68.4 Å². The maximum absolute atomic E-state index is 9.71. The second-order valence-electron chi connectivity index (χ2n) is 7.88. The number of hydrogen-bond acceptors (Lipinski definition) is 7. The molecule has 5 rings (SSSR count). The van der Waals surface area contributed by atoms with E-state index in [1.165, 1.54) is 0 Å². The number of amides is 1. The van der Waals surface area contributed by atoms with Crippen LogP contribution in [0.4, 0.5) is 5.82 Å². The van der Waals surface area contributed by atoms with Crippen LogP contribution in [0.2, 0.25) is 0 Å². The minimum Gasteiger partial charge on any atom is -0.385 e. The minimum absolute atomic E-state index is 0.229. The van der Waals surface area contributed by atoms with Crippen molar-refractivity contribution in [3.63, 3.8) is 0 Å². The van der Waals surface area contributed by atoms with E-state index >= 15 is 0 Å². The number of carbonyl (C=O) groups is 1. The SMILES string of the molecule is C#C.CC.CCOC.CNc1c(C)c(-c2cnn(C)c2)nn1-c1ccccc1.O=CN[C@H]1COCO1.c1ccccc1. The normalized spacial score (nSPS) is 12.5. The molecule has 10 nitrogen and oxygen atoms in total. The Morgan fingerprint density at radius 3 is 2.02 bits per heavy atom. The summed E-state index contributed by atoms with van der Waals surface area (Å²) in [6, 6.07) is 22.1. The molecule has 1 fully saturated rings. The Morgan fingerprint density at radius 2 is 1.62 bits per heavy atom. The molecule has 10 heteroatoms. The average molecular weight is 579 g/mol. The Labute approximate surface area is 251 Å². The Morgan fingerprint density at radius 1 is 1.07 bits per heavy atom. The first-order valence-corrected chi connectivity index (χ1v) is 13.6. The van der Waals surface area contributed by atoms with Crippen molar-refractivity contribution in [3.05, 3.63) is 84.7 Å².